The number of hydrogen-bond donors (Lipinski definition) is 0. The molecule has 0 aliphatic heterocycles. The fourth-order valence-electron chi connectivity index (χ4n) is 0. The van der Waals surface area contributed by atoms with Crippen molar-refractivity contribution >= 4 is 0 Å². The molecule has 1 heteroatoms. The van der Waals surface area contributed by atoms with E-state index in [1.165, 1.54) is 0 Å². The van der Waals surface area contributed by atoms with Gasteiger partial charge in [-0.05, 0) is 0 Å². The Labute approximate surface area is 52.4 Å². The molecule has 0 saturated heterocycles. The van der Waals surface area contributed by atoms with Crippen molar-refractivity contribution in [3.8, 4) is 0 Å². The summed E-state index contributed by atoms with van der Waals surface area (Å²) in [6.07, 6.45) is 1.97. The minimum Gasteiger partial charge on any atom is -0.242 e. The topological polar surface area (TPSA) is 0 Å². The maximum atomic E-state index is 3.62. The summed E-state index contributed by atoms with van der Waals surface area (Å²) in [6, 6.07) is 0. The average Bonchev–Trinajstić information content (AvgIpc) is 1.38. The van der Waals surface area contributed by atoms with E-state index in [0.29, 0.717) is 0 Å². The van der Waals surface area contributed by atoms with Crippen molar-refractivity contribution in [3.05, 3.63) is 18.6 Å². The van der Waals surface area contributed by atoms with Crippen LogP contribution in [0, 0.1) is 6.92 Å². The van der Waals surface area contributed by atoms with Gasteiger partial charge in [-0.25, -0.2) is 18.6 Å². The second-order valence-corrected chi connectivity index (χ2v) is 1.14. The first kappa shape index (κ1) is 9.53. The Hall–Kier alpha value is 0.233. The van der Waals surface area contributed by atoms with Crippen LogP contribution in [0.1, 0.15) is 13.8 Å². The average molecular weight is 135 g/mol. The molecule has 0 aromatic heterocycles. The summed E-state index contributed by atoms with van der Waals surface area (Å²) < 4.78 is 0. The van der Waals surface area contributed by atoms with Crippen LogP contribution in [-0.4, -0.2) is 0 Å². The zero-order valence-electron chi connectivity index (χ0n) is 4.49. The van der Waals surface area contributed by atoms with Crippen molar-refractivity contribution in [1.82, 2.24) is 0 Å². The first-order valence-electron chi connectivity index (χ1n) is 1.72. The predicted molar refractivity (Wildman–Crippen MR) is 24.8 cm³/mol. The molecule has 0 fully saturated rings. The molecule has 0 aliphatic carbocycles. The number of rotatable bonds is 0. The van der Waals surface area contributed by atoms with Crippen LogP contribution < -0.4 is 0 Å². The molecular weight excluding hydrogens is 125 g/mol. The van der Waals surface area contributed by atoms with Gasteiger partial charge in [-0.3, -0.25) is 0 Å². The van der Waals surface area contributed by atoms with E-state index in [9.17, 15) is 0 Å². The van der Waals surface area contributed by atoms with E-state index in [1.54, 1.807) is 0 Å². The molecule has 6 heavy (non-hydrogen) atoms. The van der Waals surface area contributed by atoms with Gasteiger partial charge in [0.1, 0.15) is 0 Å². The van der Waals surface area contributed by atoms with Crippen LogP contribution in [0.4, 0.5) is 0 Å². The van der Waals surface area contributed by atoms with Crippen molar-refractivity contribution in [2.75, 3.05) is 0 Å². The molecule has 0 amide bonds. The predicted octanol–water partition coefficient (Wildman–Crippen LogP) is 1.78. The first-order valence-corrected chi connectivity index (χ1v) is 1.72. The van der Waals surface area contributed by atoms with E-state index in [0.717, 1.165) is 5.57 Å². The second kappa shape index (κ2) is 5.23. The van der Waals surface area contributed by atoms with Gasteiger partial charge in [-0.1, -0.05) is 6.92 Å². The summed E-state index contributed by atoms with van der Waals surface area (Å²) in [5.74, 6) is 0. The third-order valence-electron chi connectivity index (χ3n) is 0.493. The number of hydrogen-bond acceptors (Lipinski definition) is 0. The first-order chi connectivity index (χ1) is 2.27. The molecule has 0 atom stereocenters. The summed E-state index contributed by atoms with van der Waals surface area (Å²) in [5, 5.41) is 0. The fraction of sp³-hybridized carbons (Fsp3) is 0.400. The molecule has 0 rings (SSSR count). The maximum Gasteiger partial charge on any atom is 0 e. The Bertz CT molecular complexity index is 41.9. The van der Waals surface area contributed by atoms with Gasteiger partial charge < -0.3 is 0 Å². The summed E-state index contributed by atoms with van der Waals surface area (Å²) in [5.41, 5.74) is 1.13. The number of allylic oxidation sites excluding steroid dienone is 2. The van der Waals surface area contributed by atoms with Crippen LogP contribution in [0.15, 0.2) is 11.6 Å². The molecule has 0 aromatic carbocycles. The molecule has 0 N–H and O–H groups in total. The normalized spacial score (nSPS) is 10.0. The second-order valence-electron chi connectivity index (χ2n) is 1.14. The SMILES string of the molecule is [CH2-]/C(C)=C\C.[Zn]. The van der Waals surface area contributed by atoms with Crippen LogP contribution >= 0.6 is 0 Å². The van der Waals surface area contributed by atoms with Crippen molar-refractivity contribution in [1.29, 1.82) is 0 Å². The summed E-state index contributed by atoms with van der Waals surface area (Å²) >= 11 is 0. The van der Waals surface area contributed by atoms with Crippen LogP contribution in [-0.2, 0) is 19.5 Å². The van der Waals surface area contributed by atoms with Crippen LogP contribution in [0.25, 0.3) is 0 Å². The van der Waals surface area contributed by atoms with Crippen molar-refractivity contribution in [2.24, 2.45) is 0 Å². The molecule has 0 aliphatic rings. The largest absolute Gasteiger partial charge is 0.242 e. The Morgan fingerprint density at radius 2 is 1.83 bits per heavy atom. The Morgan fingerprint density at radius 3 is 1.83 bits per heavy atom. The minimum absolute atomic E-state index is 0. The molecular formula is C5H9Zn-. The van der Waals surface area contributed by atoms with E-state index >= 15 is 0 Å². The molecule has 0 nitrogen and oxygen atoms in total. The Morgan fingerprint density at radius 1 is 1.67 bits per heavy atom. The quantitative estimate of drug-likeness (QED) is 0.350. The molecule has 0 saturated carbocycles. The summed E-state index contributed by atoms with van der Waals surface area (Å²) in [7, 11) is 0. The molecule has 0 radical (unpaired) electrons. The molecule has 0 aromatic rings. The van der Waals surface area contributed by atoms with Crippen LogP contribution in [0.3, 0.4) is 0 Å². The van der Waals surface area contributed by atoms with E-state index in [1.807, 2.05) is 19.9 Å². The molecule has 0 heterocycles. The third kappa shape index (κ3) is 8.87. The van der Waals surface area contributed by atoms with E-state index in [-0.39, 0.29) is 19.5 Å². The maximum absolute atomic E-state index is 3.62. The van der Waals surface area contributed by atoms with E-state index in [4.69, 9.17) is 0 Å². The molecule has 0 spiro atoms. The van der Waals surface area contributed by atoms with Gasteiger partial charge >= 0.3 is 0 Å². The standard InChI is InChI=1S/C5H9.Zn/c1-4-5(2)3;/h4H,2H2,1,3H3;/q-1;/b5-4+;. The van der Waals surface area contributed by atoms with Gasteiger partial charge in [-0.15, -0.1) is 6.92 Å². The molecule has 32 valence electrons. The van der Waals surface area contributed by atoms with Gasteiger partial charge in [-0.2, -0.15) is 0 Å². The van der Waals surface area contributed by atoms with Gasteiger partial charge in [0.25, 0.3) is 0 Å². The Balaban J connectivity index is 0. The monoisotopic (exact) mass is 133 g/mol. The van der Waals surface area contributed by atoms with Gasteiger partial charge in [0, 0.05) is 19.5 Å². The van der Waals surface area contributed by atoms with Gasteiger partial charge in [0.15, 0.2) is 0 Å². The zero-order chi connectivity index (χ0) is 4.28. The molecule has 0 bridgehead atoms. The smallest absolute Gasteiger partial charge is 0 e. The van der Waals surface area contributed by atoms with Gasteiger partial charge in [0.2, 0.25) is 0 Å². The Kier molecular flexibility index (Phi) is 8.31. The van der Waals surface area contributed by atoms with Crippen LogP contribution in [0.2, 0.25) is 0 Å². The summed E-state index contributed by atoms with van der Waals surface area (Å²) in [4.78, 5) is 0. The fourth-order valence-corrected chi connectivity index (χ4v) is 0. The zero-order valence-corrected chi connectivity index (χ0v) is 7.46. The van der Waals surface area contributed by atoms with Crippen molar-refractivity contribution in [2.45, 2.75) is 13.8 Å². The van der Waals surface area contributed by atoms with Crippen molar-refractivity contribution < 1.29 is 19.5 Å². The van der Waals surface area contributed by atoms with Crippen LogP contribution in [0.5, 0.6) is 0 Å². The van der Waals surface area contributed by atoms with E-state index in [2.05, 4.69) is 6.92 Å². The van der Waals surface area contributed by atoms with Gasteiger partial charge in [0.05, 0.1) is 0 Å². The minimum atomic E-state index is 0. The molecule has 0 unspecified atom stereocenters. The van der Waals surface area contributed by atoms with E-state index < -0.39 is 0 Å². The third-order valence-corrected chi connectivity index (χ3v) is 0.493. The summed E-state index contributed by atoms with van der Waals surface area (Å²) in [6.45, 7) is 7.56. The van der Waals surface area contributed by atoms with Crippen molar-refractivity contribution in [3.63, 3.8) is 0 Å².